The van der Waals surface area contributed by atoms with E-state index in [1.165, 1.54) is 10.4 Å². The molecule has 1 aliphatic heterocycles. The van der Waals surface area contributed by atoms with E-state index in [0.29, 0.717) is 41.8 Å². The van der Waals surface area contributed by atoms with Gasteiger partial charge in [0.1, 0.15) is 6.04 Å². The van der Waals surface area contributed by atoms with Crippen LogP contribution in [0.2, 0.25) is 5.02 Å². The second-order valence-electron chi connectivity index (χ2n) is 8.44. The van der Waals surface area contributed by atoms with Crippen LogP contribution in [0, 0.1) is 20.8 Å². The van der Waals surface area contributed by atoms with Gasteiger partial charge in [0.2, 0.25) is 15.9 Å². The molecule has 1 saturated heterocycles. The number of sulfonamides is 1. The first-order valence-corrected chi connectivity index (χ1v) is 12.9. The van der Waals surface area contributed by atoms with E-state index in [4.69, 9.17) is 11.6 Å². The molecule has 2 amide bonds. The number of carbonyl (C=O) groups excluding carboxylic acids is 2. The van der Waals surface area contributed by atoms with E-state index < -0.39 is 22.0 Å². The molecular formula is C24H30ClN3O4S. The maximum atomic E-state index is 13.5. The number of aryl methyl sites for hydroxylation is 3. The predicted molar refractivity (Wildman–Crippen MR) is 130 cm³/mol. The SMILES string of the molecule is CCCNC(=O)c1ccc(NC(=O)C2CCCN2S(=O)(=O)c2c(C)cc(C)cc2C)cc1Cl. The number of hydrogen-bond acceptors (Lipinski definition) is 4. The van der Waals surface area contributed by atoms with Gasteiger partial charge in [0, 0.05) is 18.8 Å². The minimum absolute atomic E-state index is 0.211. The zero-order valence-corrected chi connectivity index (χ0v) is 20.9. The summed E-state index contributed by atoms with van der Waals surface area (Å²) in [5.74, 6) is -0.700. The molecular weight excluding hydrogens is 462 g/mol. The number of carbonyl (C=O) groups is 2. The molecule has 7 nitrogen and oxygen atoms in total. The number of amides is 2. The average Bonchev–Trinajstić information content (AvgIpc) is 3.22. The number of nitrogens with one attached hydrogen (secondary N) is 2. The molecule has 9 heteroatoms. The third-order valence-corrected chi connectivity index (χ3v) is 8.22. The topological polar surface area (TPSA) is 95.6 Å². The highest BCUT2D eigenvalue weighted by molar-refractivity contribution is 7.89. The highest BCUT2D eigenvalue weighted by Crippen LogP contribution is 2.31. The van der Waals surface area contributed by atoms with Crippen LogP contribution in [-0.4, -0.2) is 43.7 Å². The zero-order chi connectivity index (χ0) is 24.3. The van der Waals surface area contributed by atoms with Crippen LogP contribution in [0.25, 0.3) is 0 Å². The number of nitrogens with zero attached hydrogens (tertiary/aromatic N) is 1. The van der Waals surface area contributed by atoms with Gasteiger partial charge in [-0.3, -0.25) is 9.59 Å². The molecule has 0 bridgehead atoms. The van der Waals surface area contributed by atoms with Crippen molar-refractivity contribution >= 4 is 39.1 Å². The Balaban J connectivity index is 1.81. The summed E-state index contributed by atoms with van der Waals surface area (Å²) >= 11 is 6.26. The van der Waals surface area contributed by atoms with Crippen molar-refractivity contribution in [3.8, 4) is 0 Å². The first-order valence-electron chi connectivity index (χ1n) is 11.0. The molecule has 178 valence electrons. The molecule has 2 aromatic rings. The Morgan fingerprint density at radius 3 is 2.39 bits per heavy atom. The van der Waals surface area contributed by atoms with Gasteiger partial charge in [-0.1, -0.05) is 36.2 Å². The molecule has 0 spiro atoms. The van der Waals surface area contributed by atoms with Crippen LogP contribution in [0.5, 0.6) is 0 Å². The van der Waals surface area contributed by atoms with Crippen molar-refractivity contribution in [2.24, 2.45) is 0 Å². The highest BCUT2D eigenvalue weighted by atomic mass is 35.5. The summed E-state index contributed by atoms with van der Waals surface area (Å²) in [6.45, 7) is 8.25. The molecule has 0 aromatic heterocycles. The van der Waals surface area contributed by atoms with Gasteiger partial charge in [-0.05, 0) is 69.4 Å². The molecule has 0 radical (unpaired) electrons. The minimum Gasteiger partial charge on any atom is -0.352 e. The predicted octanol–water partition coefficient (Wildman–Crippen LogP) is 4.20. The van der Waals surface area contributed by atoms with Crippen LogP contribution < -0.4 is 10.6 Å². The fourth-order valence-corrected chi connectivity index (χ4v) is 6.66. The van der Waals surface area contributed by atoms with E-state index in [9.17, 15) is 18.0 Å². The Labute approximate surface area is 200 Å². The lowest BCUT2D eigenvalue weighted by Gasteiger charge is -2.25. The first kappa shape index (κ1) is 25.2. The molecule has 0 saturated carbocycles. The van der Waals surface area contributed by atoms with Gasteiger partial charge in [0.25, 0.3) is 5.91 Å². The van der Waals surface area contributed by atoms with Gasteiger partial charge in [-0.2, -0.15) is 4.31 Å². The zero-order valence-electron chi connectivity index (χ0n) is 19.4. The third-order valence-electron chi connectivity index (χ3n) is 5.69. The lowest BCUT2D eigenvalue weighted by atomic mass is 10.1. The van der Waals surface area contributed by atoms with Crippen molar-refractivity contribution in [1.82, 2.24) is 9.62 Å². The normalized spacial score (nSPS) is 16.6. The quantitative estimate of drug-likeness (QED) is 0.606. The van der Waals surface area contributed by atoms with Crippen LogP contribution in [0.1, 0.15) is 53.2 Å². The van der Waals surface area contributed by atoms with Crippen LogP contribution in [-0.2, 0) is 14.8 Å². The monoisotopic (exact) mass is 491 g/mol. The Bertz CT molecular complexity index is 1160. The third kappa shape index (κ3) is 5.39. The Morgan fingerprint density at radius 1 is 1.12 bits per heavy atom. The van der Waals surface area contributed by atoms with Crippen molar-refractivity contribution in [2.75, 3.05) is 18.4 Å². The first-order chi connectivity index (χ1) is 15.6. The smallest absolute Gasteiger partial charge is 0.252 e. The molecule has 2 N–H and O–H groups in total. The van der Waals surface area contributed by atoms with E-state index in [2.05, 4.69) is 10.6 Å². The average molecular weight is 492 g/mol. The number of rotatable bonds is 7. The van der Waals surface area contributed by atoms with Gasteiger partial charge in [0.15, 0.2) is 0 Å². The largest absolute Gasteiger partial charge is 0.352 e. The Morgan fingerprint density at radius 2 is 1.79 bits per heavy atom. The van der Waals surface area contributed by atoms with Crippen molar-refractivity contribution < 1.29 is 18.0 Å². The molecule has 2 aromatic carbocycles. The van der Waals surface area contributed by atoms with Gasteiger partial charge in [-0.25, -0.2) is 8.42 Å². The Hall–Kier alpha value is -2.42. The van der Waals surface area contributed by atoms with Crippen LogP contribution in [0.3, 0.4) is 0 Å². The summed E-state index contributed by atoms with van der Waals surface area (Å²) in [6, 6.07) is 7.50. The number of halogens is 1. The van der Waals surface area contributed by atoms with Crippen molar-refractivity contribution in [3.05, 3.63) is 57.6 Å². The van der Waals surface area contributed by atoms with E-state index in [1.807, 2.05) is 26.0 Å². The molecule has 1 fully saturated rings. The van der Waals surface area contributed by atoms with Gasteiger partial charge >= 0.3 is 0 Å². The van der Waals surface area contributed by atoms with E-state index in [0.717, 1.165) is 12.0 Å². The van der Waals surface area contributed by atoms with E-state index >= 15 is 0 Å². The molecule has 33 heavy (non-hydrogen) atoms. The summed E-state index contributed by atoms with van der Waals surface area (Å²) in [5, 5.41) is 5.74. The fraction of sp³-hybridized carbons (Fsp3) is 0.417. The Kier molecular flexibility index (Phi) is 7.82. The van der Waals surface area contributed by atoms with Crippen molar-refractivity contribution in [2.45, 2.75) is 57.9 Å². The van der Waals surface area contributed by atoms with Gasteiger partial charge in [0.05, 0.1) is 15.5 Å². The van der Waals surface area contributed by atoms with E-state index in [1.54, 1.807) is 26.0 Å². The summed E-state index contributed by atoms with van der Waals surface area (Å²) in [6.07, 6.45) is 1.83. The second-order valence-corrected chi connectivity index (χ2v) is 10.7. The van der Waals surface area contributed by atoms with Crippen LogP contribution in [0.4, 0.5) is 5.69 Å². The fourth-order valence-electron chi connectivity index (χ4n) is 4.32. The maximum absolute atomic E-state index is 13.5. The number of anilines is 1. The van der Waals surface area contributed by atoms with Crippen molar-refractivity contribution in [3.63, 3.8) is 0 Å². The highest BCUT2D eigenvalue weighted by Gasteiger charge is 2.40. The summed E-state index contributed by atoms with van der Waals surface area (Å²) in [4.78, 5) is 25.5. The summed E-state index contributed by atoms with van der Waals surface area (Å²) in [5.41, 5.74) is 3.05. The lowest BCUT2D eigenvalue weighted by molar-refractivity contribution is -0.119. The van der Waals surface area contributed by atoms with Crippen molar-refractivity contribution in [1.29, 1.82) is 0 Å². The lowest BCUT2D eigenvalue weighted by Crippen LogP contribution is -2.43. The molecule has 0 aliphatic carbocycles. The maximum Gasteiger partial charge on any atom is 0.252 e. The molecule has 1 unspecified atom stereocenters. The van der Waals surface area contributed by atoms with E-state index in [-0.39, 0.29) is 22.4 Å². The van der Waals surface area contributed by atoms with Crippen LogP contribution >= 0.6 is 11.6 Å². The molecule has 3 rings (SSSR count). The van der Waals surface area contributed by atoms with Gasteiger partial charge in [-0.15, -0.1) is 0 Å². The molecule has 1 heterocycles. The summed E-state index contributed by atoms with van der Waals surface area (Å²) in [7, 11) is -3.84. The van der Waals surface area contributed by atoms with Gasteiger partial charge < -0.3 is 10.6 Å². The standard InChI is InChI=1S/C24H30ClN3O4S/c1-5-10-26-23(29)19-9-8-18(14-20(19)25)27-24(30)21-7-6-11-28(21)33(31,32)22-16(3)12-15(2)13-17(22)4/h8-9,12-14,21H,5-7,10-11H2,1-4H3,(H,26,29)(H,27,30). The van der Waals surface area contributed by atoms with Crippen LogP contribution in [0.15, 0.2) is 35.2 Å². The second kappa shape index (κ2) is 10.2. The molecule has 1 atom stereocenters. The molecule has 1 aliphatic rings. The summed E-state index contributed by atoms with van der Waals surface area (Å²) < 4.78 is 28.3. The minimum atomic E-state index is -3.84. The number of benzene rings is 2. The number of hydrogen-bond donors (Lipinski definition) is 2.